The van der Waals surface area contributed by atoms with Crippen LogP contribution in [0.3, 0.4) is 0 Å². The molecular formula is C14H17N3OS. The number of nitrogens with zero attached hydrogens (tertiary/aromatic N) is 1. The van der Waals surface area contributed by atoms with Crippen molar-refractivity contribution in [1.29, 1.82) is 5.26 Å². The smallest absolute Gasteiger partial charge is 0.170 e. The van der Waals surface area contributed by atoms with Crippen LogP contribution in [0.2, 0.25) is 0 Å². The molecule has 1 fully saturated rings. The van der Waals surface area contributed by atoms with Crippen LogP contribution >= 0.6 is 12.2 Å². The molecule has 1 atom stereocenters. The average molecular weight is 275 g/mol. The van der Waals surface area contributed by atoms with Crippen LogP contribution < -0.4 is 10.6 Å². The molecule has 0 radical (unpaired) electrons. The lowest BCUT2D eigenvalue weighted by Crippen LogP contribution is -2.34. The Kier molecular flexibility index (Phi) is 5.13. The van der Waals surface area contributed by atoms with Crippen molar-refractivity contribution in [2.75, 3.05) is 18.5 Å². The van der Waals surface area contributed by atoms with Gasteiger partial charge in [-0.25, -0.2) is 0 Å². The van der Waals surface area contributed by atoms with Crippen LogP contribution in [0, 0.1) is 11.3 Å². The lowest BCUT2D eigenvalue weighted by molar-refractivity contribution is 0.114. The zero-order valence-corrected chi connectivity index (χ0v) is 11.5. The lowest BCUT2D eigenvalue weighted by Gasteiger charge is -2.14. The van der Waals surface area contributed by atoms with Gasteiger partial charge in [0.1, 0.15) is 0 Å². The van der Waals surface area contributed by atoms with Gasteiger partial charge in [0.15, 0.2) is 5.11 Å². The standard InChI is InChI=1S/C14H17N3OS/c15-8-7-11-3-5-12(6-4-11)17-14(19)16-10-13-2-1-9-18-13/h3-6,13H,1-2,7,9-10H2,(H2,16,17,19). The van der Waals surface area contributed by atoms with E-state index >= 15 is 0 Å². The number of rotatable bonds is 4. The first kappa shape index (κ1) is 13.8. The Bertz CT molecular complexity index is 461. The van der Waals surface area contributed by atoms with E-state index in [-0.39, 0.29) is 6.10 Å². The summed E-state index contributed by atoms with van der Waals surface area (Å²) < 4.78 is 5.52. The van der Waals surface area contributed by atoms with Crippen LogP contribution in [0.5, 0.6) is 0 Å². The molecule has 0 bridgehead atoms. The van der Waals surface area contributed by atoms with Crippen LogP contribution in [-0.4, -0.2) is 24.4 Å². The fraction of sp³-hybridized carbons (Fsp3) is 0.429. The summed E-state index contributed by atoms with van der Waals surface area (Å²) >= 11 is 5.22. The Balaban J connectivity index is 1.76. The number of hydrogen-bond donors (Lipinski definition) is 2. The molecule has 2 rings (SSSR count). The zero-order valence-electron chi connectivity index (χ0n) is 10.7. The molecule has 2 N–H and O–H groups in total. The third-order valence-electron chi connectivity index (χ3n) is 3.01. The minimum Gasteiger partial charge on any atom is -0.376 e. The number of nitriles is 1. The molecule has 100 valence electrons. The predicted molar refractivity (Wildman–Crippen MR) is 79.0 cm³/mol. The van der Waals surface area contributed by atoms with Gasteiger partial charge in [0.2, 0.25) is 0 Å². The summed E-state index contributed by atoms with van der Waals surface area (Å²) in [6.45, 7) is 1.60. The third kappa shape index (κ3) is 4.51. The van der Waals surface area contributed by atoms with Gasteiger partial charge in [0.25, 0.3) is 0 Å². The fourth-order valence-electron chi connectivity index (χ4n) is 1.98. The first-order valence-electron chi connectivity index (χ1n) is 6.40. The van der Waals surface area contributed by atoms with Gasteiger partial charge in [0, 0.05) is 18.8 Å². The summed E-state index contributed by atoms with van der Waals surface area (Å²) in [7, 11) is 0. The Morgan fingerprint density at radius 3 is 2.84 bits per heavy atom. The van der Waals surface area contributed by atoms with Crippen LogP contribution in [0.15, 0.2) is 24.3 Å². The van der Waals surface area contributed by atoms with E-state index in [2.05, 4.69) is 16.7 Å². The SMILES string of the molecule is N#CCc1ccc(NC(=S)NCC2CCCO2)cc1. The van der Waals surface area contributed by atoms with E-state index in [1.54, 1.807) is 0 Å². The third-order valence-corrected chi connectivity index (χ3v) is 3.26. The first-order chi connectivity index (χ1) is 9.28. The van der Waals surface area contributed by atoms with Crippen molar-refractivity contribution in [1.82, 2.24) is 5.32 Å². The monoisotopic (exact) mass is 275 g/mol. The molecule has 1 aromatic carbocycles. The van der Waals surface area contributed by atoms with Gasteiger partial charge in [-0.1, -0.05) is 12.1 Å². The Hall–Kier alpha value is -1.64. The summed E-state index contributed by atoms with van der Waals surface area (Å²) in [6.07, 6.45) is 2.94. The highest BCUT2D eigenvalue weighted by molar-refractivity contribution is 7.80. The highest BCUT2D eigenvalue weighted by atomic mass is 32.1. The van der Waals surface area contributed by atoms with E-state index in [1.807, 2.05) is 24.3 Å². The number of hydrogen-bond acceptors (Lipinski definition) is 3. The van der Waals surface area contributed by atoms with Crippen molar-refractivity contribution in [3.8, 4) is 6.07 Å². The minimum atomic E-state index is 0.276. The number of benzene rings is 1. The molecule has 1 unspecified atom stereocenters. The number of anilines is 1. The number of nitrogens with one attached hydrogen (secondary N) is 2. The van der Waals surface area contributed by atoms with Crippen LogP contribution in [0.25, 0.3) is 0 Å². The van der Waals surface area contributed by atoms with Crippen molar-refractivity contribution in [3.05, 3.63) is 29.8 Å². The van der Waals surface area contributed by atoms with Crippen LogP contribution in [-0.2, 0) is 11.2 Å². The van der Waals surface area contributed by atoms with Crippen LogP contribution in [0.1, 0.15) is 18.4 Å². The Labute approximate surface area is 118 Å². The molecule has 0 aromatic heterocycles. The predicted octanol–water partition coefficient (Wildman–Crippen LogP) is 2.22. The molecule has 0 spiro atoms. The summed E-state index contributed by atoms with van der Waals surface area (Å²) in [4.78, 5) is 0. The van der Waals surface area contributed by atoms with E-state index in [0.29, 0.717) is 11.5 Å². The molecule has 0 amide bonds. The molecule has 1 saturated heterocycles. The van der Waals surface area contributed by atoms with Gasteiger partial charge >= 0.3 is 0 Å². The first-order valence-corrected chi connectivity index (χ1v) is 6.81. The minimum absolute atomic E-state index is 0.276. The van der Waals surface area contributed by atoms with Crippen molar-refractivity contribution in [2.24, 2.45) is 0 Å². The molecule has 1 aliphatic rings. The van der Waals surface area contributed by atoms with Crippen molar-refractivity contribution in [2.45, 2.75) is 25.4 Å². The summed E-state index contributed by atoms with van der Waals surface area (Å²) in [5.74, 6) is 0. The average Bonchev–Trinajstić information content (AvgIpc) is 2.92. The highest BCUT2D eigenvalue weighted by Gasteiger charge is 2.15. The summed E-state index contributed by atoms with van der Waals surface area (Å²) in [5.41, 5.74) is 1.93. The number of ether oxygens (including phenoxy) is 1. The summed E-state index contributed by atoms with van der Waals surface area (Å²) in [5, 5.41) is 15.5. The Morgan fingerprint density at radius 1 is 1.42 bits per heavy atom. The van der Waals surface area contributed by atoms with E-state index < -0.39 is 0 Å². The van der Waals surface area contributed by atoms with E-state index in [0.717, 1.165) is 37.2 Å². The van der Waals surface area contributed by atoms with E-state index in [1.165, 1.54) is 0 Å². The topological polar surface area (TPSA) is 57.1 Å². The largest absolute Gasteiger partial charge is 0.376 e. The lowest BCUT2D eigenvalue weighted by atomic mass is 10.1. The molecular weight excluding hydrogens is 258 g/mol. The van der Waals surface area contributed by atoms with Gasteiger partial charge < -0.3 is 15.4 Å². The van der Waals surface area contributed by atoms with Gasteiger partial charge in [-0.05, 0) is 42.8 Å². The van der Waals surface area contributed by atoms with Gasteiger partial charge in [-0.15, -0.1) is 0 Å². The van der Waals surface area contributed by atoms with Crippen LogP contribution in [0.4, 0.5) is 5.69 Å². The summed E-state index contributed by atoms with van der Waals surface area (Å²) in [6, 6.07) is 9.82. The quantitative estimate of drug-likeness (QED) is 0.825. The Morgan fingerprint density at radius 2 is 2.21 bits per heavy atom. The zero-order chi connectivity index (χ0) is 13.5. The van der Waals surface area contributed by atoms with E-state index in [9.17, 15) is 0 Å². The normalized spacial score (nSPS) is 17.7. The molecule has 4 nitrogen and oxygen atoms in total. The van der Waals surface area contributed by atoms with Crippen molar-refractivity contribution >= 4 is 23.0 Å². The number of thiocarbonyl (C=S) groups is 1. The maximum absolute atomic E-state index is 8.60. The molecule has 0 aliphatic carbocycles. The molecule has 0 saturated carbocycles. The van der Waals surface area contributed by atoms with Crippen molar-refractivity contribution in [3.63, 3.8) is 0 Å². The second kappa shape index (κ2) is 7.07. The van der Waals surface area contributed by atoms with Gasteiger partial charge in [-0.3, -0.25) is 0 Å². The van der Waals surface area contributed by atoms with E-state index in [4.69, 9.17) is 22.2 Å². The molecule has 19 heavy (non-hydrogen) atoms. The highest BCUT2D eigenvalue weighted by Crippen LogP contribution is 2.11. The van der Waals surface area contributed by atoms with Gasteiger partial charge in [-0.2, -0.15) is 5.26 Å². The molecule has 1 aromatic rings. The van der Waals surface area contributed by atoms with Gasteiger partial charge in [0.05, 0.1) is 18.6 Å². The van der Waals surface area contributed by atoms with Crippen molar-refractivity contribution < 1.29 is 4.74 Å². The maximum Gasteiger partial charge on any atom is 0.170 e. The fourth-order valence-corrected chi connectivity index (χ4v) is 2.19. The second-order valence-electron chi connectivity index (χ2n) is 4.50. The second-order valence-corrected chi connectivity index (χ2v) is 4.91. The molecule has 1 aliphatic heterocycles. The maximum atomic E-state index is 8.60. The molecule has 5 heteroatoms. The molecule has 1 heterocycles.